The fourth-order valence-corrected chi connectivity index (χ4v) is 1.85. The molecular formula is C16H16NO3. The zero-order valence-corrected chi connectivity index (χ0v) is 11.6. The summed E-state index contributed by atoms with van der Waals surface area (Å²) in [5.41, 5.74) is 2.81. The van der Waals surface area contributed by atoms with E-state index in [1.807, 2.05) is 49.6 Å². The molecule has 0 aliphatic heterocycles. The molecule has 0 atom stereocenters. The number of benzene rings is 1. The molecule has 20 heavy (non-hydrogen) atoms. The van der Waals surface area contributed by atoms with E-state index < -0.39 is 0 Å². The average molecular weight is 270 g/mol. The molecule has 1 aromatic carbocycles. The topological polar surface area (TPSA) is 48.4 Å². The maximum Gasteiger partial charge on any atom is 0.213 e. The smallest absolute Gasteiger partial charge is 0.213 e. The Bertz CT molecular complexity index is 579. The summed E-state index contributed by atoms with van der Waals surface area (Å²) >= 11 is 0. The lowest BCUT2D eigenvalue weighted by Crippen LogP contribution is -1.99. The largest absolute Gasteiger partial charge is 0.489 e. The monoisotopic (exact) mass is 270 g/mol. The molecule has 4 nitrogen and oxygen atoms in total. The van der Waals surface area contributed by atoms with Gasteiger partial charge in [-0.15, -0.1) is 0 Å². The van der Waals surface area contributed by atoms with Crippen molar-refractivity contribution in [3.8, 4) is 11.6 Å². The lowest BCUT2D eigenvalue weighted by molar-refractivity contribution is 0.304. The third kappa shape index (κ3) is 3.82. The number of ether oxygens (including phenoxy) is 2. The van der Waals surface area contributed by atoms with Crippen LogP contribution in [0, 0.1) is 6.92 Å². The molecular weight excluding hydrogens is 254 g/mol. The van der Waals surface area contributed by atoms with Gasteiger partial charge >= 0.3 is 0 Å². The van der Waals surface area contributed by atoms with E-state index in [1.54, 1.807) is 7.11 Å². The Hall–Kier alpha value is -2.36. The summed E-state index contributed by atoms with van der Waals surface area (Å²) in [7, 11) is 1.59. The lowest BCUT2D eigenvalue weighted by atomic mass is 10.2. The second-order valence-electron chi connectivity index (χ2n) is 4.41. The number of rotatable bonds is 6. The van der Waals surface area contributed by atoms with Gasteiger partial charge in [0.15, 0.2) is 0 Å². The van der Waals surface area contributed by atoms with Gasteiger partial charge in [-0.1, -0.05) is 12.1 Å². The average Bonchev–Trinajstić information content (AvgIpc) is 2.46. The Morgan fingerprint density at radius 2 is 1.90 bits per heavy atom. The molecule has 0 aliphatic rings. The predicted octanol–water partition coefficient (Wildman–Crippen LogP) is 2.63. The third-order valence-corrected chi connectivity index (χ3v) is 2.80. The van der Waals surface area contributed by atoms with Crippen LogP contribution in [-0.4, -0.2) is 18.4 Å². The summed E-state index contributed by atoms with van der Waals surface area (Å²) in [6.45, 7) is 2.36. The zero-order valence-electron chi connectivity index (χ0n) is 11.6. The molecule has 103 valence electrons. The number of hydrogen-bond donors (Lipinski definition) is 0. The molecule has 0 aliphatic carbocycles. The van der Waals surface area contributed by atoms with Crippen molar-refractivity contribution in [2.75, 3.05) is 7.11 Å². The summed E-state index contributed by atoms with van der Waals surface area (Å²) in [5.74, 6) is 1.34. The van der Waals surface area contributed by atoms with Gasteiger partial charge in [-0.3, -0.25) is 4.79 Å². The molecule has 0 unspecified atom stereocenters. The van der Waals surface area contributed by atoms with Crippen LogP contribution in [0.2, 0.25) is 0 Å². The van der Waals surface area contributed by atoms with Gasteiger partial charge in [0, 0.05) is 18.2 Å². The minimum Gasteiger partial charge on any atom is -0.489 e. The summed E-state index contributed by atoms with van der Waals surface area (Å²) in [5, 5.41) is 0. The first-order valence-corrected chi connectivity index (χ1v) is 6.29. The highest BCUT2D eigenvalue weighted by Gasteiger charge is 2.02. The van der Waals surface area contributed by atoms with Gasteiger partial charge in [-0.2, -0.15) is 0 Å². The Kier molecular flexibility index (Phi) is 4.71. The summed E-state index contributed by atoms with van der Waals surface area (Å²) in [6, 6.07) is 11.2. The van der Waals surface area contributed by atoms with Crippen LogP contribution in [0.25, 0.3) is 0 Å². The summed E-state index contributed by atoms with van der Waals surface area (Å²) in [6.07, 6.45) is 2.18. The molecule has 1 radical (unpaired) electrons. The van der Waals surface area contributed by atoms with E-state index >= 15 is 0 Å². The van der Waals surface area contributed by atoms with E-state index in [9.17, 15) is 4.79 Å². The highest BCUT2D eigenvalue weighted by molar-refractivity contribution is 5.55. The van der Waals surface area contributed by atoms with Gasteiger partial charge in [0.25, 0.3) is 0 Å². The molecule has 0 N–H and O–H groups in total. The number of aromatic nitrogens is 1. The summed E-state index contributed by atoms with van der Waals surface area (Å²) in [4.78, 5) is 14.5. The maximum absolute atomic E-state index is 10.3. The number of pyridine rings is 1. The lowest BCUT2D eigenvalue weighted by Gasteiger charge is -2.08. The van der Waals surface area contributed by atoms with Crippen molar-refractivity contribution in [3.05, 3.63) is 53.2 Å². The number of methoxy groups -OCH3 is 1. The minimum absolute atomic E-state index is 0.307. The van der Waals surface area contributed by atoms with E-state index in [0.29, 0.717) is 18.9 Å². The van der Waals surface area contributed by atoms with Crippen LogP contribution in [0.4, 0.5) is 0 Å². The number of hydrogen-bond acceptors (Lipinski definition) is 4. The molecule has 0 bridgehead atoms. The fourth-order valence-electron chi connectivity index (χ4n) is 1.85. The van der Waals surface area contributed by atoms with Crippen molar-refractivity contribution in [2.45, 2.75) is 20.0 Å². The Balaban J connectivity index is 2.01. The van der Waals surface area contributed by atoms with Crippen LogP contribution in [-0.2, 0) is 17.8 Å². The van der Waals surface area contributed by atoms with Crippen molar-refractivity contribution in [2.24, 2.45) is 0 Å². The van der Waals surface area contributed by atoms with Crippen molar-refractivity contribution >= 4 is 6.29 Å². The second-order valence-corrected chi connectivity index (χ2v) is 4.41. The standard InChI is InChI=1S/C16H16NO3/c1-12-9-14(10-16(17-12)19-2)11-20-15-5-3-13(4-6-15)7-8-18/h3-6,9-10H,7,11H2,1-2H3. The first-order valence-electron chi connectivity index (χ1n) is 6.29. The quantitative estimate of drug-likeness (QED) is 0.809. The summed E-state index contributed by atoms with van der Waals surface area (Å²) < 4.78 is 10.8. The second kappa shape index (κ2) is 6.70. The van der Waals surface area contributed by atoms with Crippen LogP contribution < -0.4 is 9.47 Å². The van der Waals surface area contributed by atoms with Gasteiger partial charge in [0.2, 0.25) is 12.2 Å². The molecule has 0 amide bonds. The molecule has 0 saturated heterocycles. The number of carbonyl (C=O) groups excluding carboxylic acids is 1. The van der Waals surface area contributed by atoms with E-state index in [0.717, 1.165) is 22.6 Å². The van der Waals surface area contributed by atoms with Gasteiger partial charge in [0.05, 0.1) is 7.11 Å². The van der Waals surface area contributed by atoms with Crippen LogP contribution in [0.5, 0.6) is 11.6 Å². The maximum atomic E-state index is 10.3. The number of aryl methyl sites for hydroxylation is 1. The van der Waals surface area contributed by atoms with Crippen molar-refractivity contribution in [1.29, 1.82) is 0 Å². The third-order valence-electron chi connectivity index (χ3n) is 2.80. The normalized spacial score (nSPS) is 10.1. The van der Waals surface area contributed by atoms with Crippen LogP contribution in [0.15, 0.2) is 36.4 Å². The van der Waals surface area contributed by atoms with Crippen molar-refractivity contribution in [1.82, 2.24) is 4.98 Å². The van der Waals surface area contributed by atoms with Crippen LogP contribution >= 0.6 is 0 Å². The molecule has 2 aromatic rings. The first kappa shape index (κ1) is 14.1. The SMILES string of the molecule is COc1cc(COc2ccc(C[C]=O)cc2)cc(C)n1. The molecule has 1 heterocycles. The zero-order chi connectivity index (χ0) is 14.4. The van der Waals surface area contributed by atoms with Crippen LogP contribution in [0.3, 0.4) is 0 Å². The number of nitrogens with zero attached hydrogens (tertiary/aromatic N) is 1. The van der Waals surface area contributed by atoms with Gasteiger partial charge in [-0.05, 0) is 36.2 Å². The fraction of sp³-hybridized carbons (Fsp3) is 0.250. The highest BCUT2D eigenvalue weighted by atomic mass is 16.5. The van der Waals surface area contributed by atoms with Crippen molar-refractivity contribution < 1.29 is 14.3 Å². The molecule has 0 saturated carbocycles. The van der Waals surface area contributed by atoms with E-state index in [4.69, 9.17) is 9.47 Å². The molecule has 4 heteroatoms. The van der Waals surface area contributed by atoms with Gasteiger partial charge < -0.3 is 9.47 Å². The highest BCUT2D eigenvalue weighted by Crippen LogP contribution is 2.17. The molecule has 1 aromatic heterocycles. The molecule has 0 spiro atoms. The molecule has 0 fully saturated rings. The Morgan fingerprint density at radius 3 is 2.55 bits per heavy atom. The van der Waals surface area contributed by atoms with E-state index in [1.165, 1.54) is 0 Å². The first-order chi connectivity index (χ1) is 9.71. The van der Waals surface area contributed by atoms with Gasteiger partial charge in [0.1, 0.15) is 12.4 Å². The van der Waals surface area contributed by atoms with Crippen LogP contribution in [0.1, 0.15) is 16.8 Å². The minimum atomic E-state index is 0.307. The Morgan fingerprint density at radius 1 is 1.15 bits per heavy atom. The van der Waals surface area contributed by atoms with Gasteiger partial charge in [-0.25, -0.2) is 4.98 Å². The Labute approximate surface area is 118 Å². The van der Waals surface area contributed by atoms with Crippen molar-refractivity contribution in [3.63, 3.8) is 0 Å². The van der Waals surface area contributed by atoms with E-state index in [2.05, 4.69) is 4.98 Å². The predicted molar refractivity (Wildman–Crippen MR) is 75.7 cm³/mol. The molecule has 2 rings (SSSR count). The van der Waals surface area contributed by atoms with E-state index in [-0.39, 0.29) is 0 Å².